The fraction of sp³-hybridized carbons (Fsp3) is 0.467. The summed E-state index contributed by atoms with van der Waals surface area (Å²) in [6.45, 7) is 2.23. The summed E-state index contributed by atoms with van der Waals surface area (Å²) >= 11 is 7.44. The maximum absolute atomic E-state index is 12.4. The number of nitrogens with one attached hydrogen (secondary N) is 1. The lowest BCUT2D eigenvalue weighted by Crippen LogP contribution is -2.58. The molecule has 0 spiro atoms. The van der Waals surface area contributed by atoms with Crippen LogP contribution in [0.4, 0.5) is 0 Å². The highest BCUT2D eigenvalue weighted by molar-refractivity contribution is 14.1. The van der Waals surface area contributed by atoms with Crippen LogP contribution in [0.2, 0.25) is 0 Å². The monoisotopic (exact) mass is 402 g/mol. The molecule has 20 heavy (non-hydrogen) atoms. The van der Waals surface area contributed by atoms with Crippen molar-refractivity contribution in [1.82, 2.24) is 5.32 Å². The zero-order valence-corrected chi connectivity index (χ0v) is 14.5. The summed E-state index contributed by atoms with van der Waals surface area (Å²) in [5.41, 5.74) is 6.05. The molecule has 1 aromatic rings. The molecule has 1 aromatic carbocycles. The normalized spacial score (nSPS) is 26.0. The van der Waals surface area contributed by atoms with Gasteiger partial charge in [0.05, 0.1) is 10.5 Å². The Morgan fingerprint density at radius 2 is 1.90 bits per heavy atom. The van der Waals surface area contributed by atoms with E-state index < -0.39 is 5.54 Å². The fourth-order valence-corrected chi connectivity index (χ4v) is 3.19. The molecule has 0 radical (unpaired) electrons. The minimum Gasteiger partial charge on any atom is -0.391 e. The molecule has 0 bridgehead atoms. The number of hydrogen-bond acceptors (Lipinski definition) is 2. The van der Waals surface area contributed by atoms with Gasteiger partial charge in [0.25, 0.3) is 5.91 Å². The number of nitrogens with two attached hydrogens (primary N) is 1. The lowest BCUT2D eigenvalue weighted by molar-refractivity contribution is 0.0900. The van der Waals surface area contributed by atoms with Gasteiger partial charge >= 0.3 is 0 Å². The van der Waals surface area contributed by atoms with Gasteiger partial charge in [-0.2, -0.15) is 0 Å². The number of thiocarbonyl (C=S) groups is 1. The maximum Gasteiger partial charge on any atom is 0.252 e. The van der Waals surface area contributed by atoms with E-state index in [-0.39, 0.29) is 5.91 Å². The molecule has 0 saturated heterocycles. The van der Waals surface area contributed by atoms with Crippen LogP contribution in [0.25, 0.3) is 0 Å². The SMILES string of the molecule is CC1CCC(NC(=O)c2ccc(I)cc2)(C(N)=S)CC1. The van der Waals surface area contributed by atoms with Gasteiger partial charge in [-0.3, -0.25) is 4.79 Å². The number of carbonyl (C=O) groups is 1. The molecule has 1 amide bonds. The van der Waals surface area contributed by atoms with Crippen molar-refractivity contribution in [3.8, 4) is 0 Å². The second-order valence-corrected chi connectivity index (χ2v) is 7.28. The van der Waals surface area contributed by atoms with Gasteiger partial charge in [0.1, 0.15) is 0 Å². The zero-order valence-electron chi connectivity index (χ0n) is 11.5. The predicted octanol–water partition coefficient (Wildman–Crippen LogP) is 3.26. The van der Waals surface area contributed by atoms with Crippen LogP contribution in [-0.4, -0.2) is 16.4 Å². The summed E-state index contributed by atoms with van der Waals surface area (Å²) in [4.78, 5) is 12.8. The molecule has 1 aliphatic carbocycles. The van der Waals surface area contributed by atoms with Crippen molar-refractivity contribution in [2.45, 2.75) is 38.1 Å². The van der Waals surface area contributed by atoms with Crippen molar-refractivity contribution in [2.75, 3.05) is 0 Å². The molecule has 0 aliphatic heterocycles. The first-order chi connectivity index (χ1) is 9.43. The van der Waals surface area contributed by atoms with Crippen LogP contribution in [0, 0.1) is 9.49 Å². The highest BCUT2D eigenvalue weighted by atomic mass is 127. The smallest absolute Gasteiger partial charge is 0.252 e. The lowest BCUT2D eigenvalue weighted by atomic mass is 9.77. The molecule has 0 aromatic heterocycles. The molecule has 1 aliphatic rings. The molecule has 108 valence electrons. The third kappa shape index (κ3) is 3.49. The van der Waals surface area contributed by atoms with Crippen LogP contribution >= 0.6 is 34.8 Å². The van der Waals surface area contributed by atoms with E-state index >= 15 is 0 Å². The lowest BCUT2D eigenvalue weighted by Gasteiger charge is -2.39. The summed E-state index contributed by atoms with van der Waals surface area (Å²) in [6.07, 6.45) is 3.76. The third-order valence-corrected chi connectivity index (χ3v) is 5.17. The van der Waals surface area contributed by atoms with Crippen LogP contribution in [0.1, 0.15) is 43.0 Å². The Bertz CT molecular complexity index is 507. The van der Waals surface area contributed by atoms with Gasteiger partial charge in [-0.15, -0.1) is 0 Å². The Morgan fingerprint density at radius 1 is 1.35 bits per heavy atom. The highest BCUT2D eigenvalue weighted by Gasteiger charge is 2.38. The van der Waals surface area contributed by atoms with Crippen molar-refractivity contribution in [2.24, 2.45) is 11.7 Å². The largest absolute Gasteiger partial charge is 0.391 e. The highest BCUT2D eigenvalue weighted by Crippen LogP contribution is 2.32. The van der Waals surface area contributed by atoms with Crippen molar-refractivity contribution in [3.05, 3.63) is 33.4 Å². The van der Waals surface area contributed by atoms with Gasteiger partial charge in [0, 0.05) is 9.13 Å². The molecule has 1 fully saturated rings. The second-order valence-electron chi connectivity index (χ2n) is 5.59. The van der Waals surface area contributed by atoms with E-state index in [4.69, 9.17) is 18.0 Å². The summed E-state index contributed by atoms with van der Waals surface area (Å²) in [5, 5.41) is 3.08. The predicted molar refractivity (Wildman–Crippen MR) is 93.8 cm³/mol. The van der Waals surface area contributed by atoms with Crippen LogP contribution < -0.4 is 11.1 Å². The first-order valence-electron chi connectivity index (χ1n) is 6.81. The number of halogens is 1. The first kappa shape index (κ1) is 15.7. The topological polar surface area (TPSA) is 55.1 Å². The Labute approximate surface area is 138 Å². The van der Waals surface area contributed by atoms with Crippen molar-refractivity contribution >= 4 is 45.7 Å². The summed E-state index contributed by atoms with van der Waals surface area (Å²) in [6, 6.07) is 7.50. The van der Waals surface area contributed by atoms with Gasteiger partial charge in [0.2, 0.25) is 0 Å². The minimum absolute atomic E-state index is 0.0937. The number of amides is 1. The average molecular weight is 402 g/mol. The van der Waals surface area contributed by atoms with Gasteiger partial charge in [-0.05, 0) is 78.5 Å². The van der Waals surface area contributed by atoms with E-state index in [1.165, 1.54) is 0 Å². The molecular formula is C15H19IN2OS. The molecule has 0 unspecified atom stereocenters. The third-order valence-electron chi connectivity index (χ3n) is 4.06. The summed E-state index contributed by atoms with van der Waals surface area (Å²) < 4.78 is 1.11. The van der Waals surface area contributed by atoms with E-state index in [0.717, 1.165) is 29.3 Å². The van der Waals surface area contributed by atoms with Crippen molar-refractivity contribution in [1.29, 1.82) is 0 Å². The summed E-state index contributed by atoms with van der Waals surface area (Å²) in [7, 11) is 0. The van der Waals surface area contributed by atoms with Gasteiger partial charge in [-0.1, -0.05) is 19.1 Å². The molecular weight excluding hydrogens is 383 g/mol. The van der Waals surface area contributed by atoms with Crippen LogP contribution in [0.3, 0.4) is 0 Å². The van der Waals surface area contributed by atoms with Crippen LogP contribution in [0.5, 0.6) is 0 Å². The van der Waals surface area contributed by atoms with Crippen molar-refractivity contribution < 1.29 is 4.79 Å². The molecule has 3 N–H and O–H groups in total. The minimum atomic E-state index is -0.512. The van der Waals surface area contributed by atoms with E-state index in [9.17, 15) is 4.79 Å². The van der Waals surface area contributed by atoms with Crippen molar-refractivity contribution in [3.63, 3.8) is 0 Å². The van der Waals surface area contributed by atoms with E-state index in [0.29, 0.717) is 16.5 Å². The Hall–Kier alpha value is -0.690. The Balaban J connectivity index is 2.14. The quantitative estimate of drug-likeness (QED) is 0.603. The van der Waals surface area contributed by atoms with E-state index in [2.05, 4.69) is 34.8 Å². The van der Waals surface area contributed by atoms with Crippen LogP contribution in [-0.2, 0) is 0 Å². The maximum atomic E-state index is 12.4. The second kappa shape index (κ2) is 6.39. The number of benzene rings is 1. The van der Waals surface area contributed by atoms with E-state index in [1.54, 1.807) is 0 Å². The molecule has 1 saturated carbocycles. The van der Waals surface area contributed by atoms with Gasteiger partial charge < -0.3 is 11.1 Å². The van der Waals surface area contributed by atoms with Gasteiger partial charge in [-0.25, -0.2) is 0 Å². The number of hydrogen-bond donors (Lipinski definition) is 2. The fourth-order valence-electron chi connectivity index (χ4n) is 2.58. The average Bonchev–Trinajstić information content (AvgIpc) is 2.42. The standard InChI is InChI=1S/C15H19IN2OS/c1-10-6-8-15(9-7-10,14(17)20)18-13(19)11-2-4-12(16)5-3-11/h2-5,10H,6-9H2,1H3,(H2,17,20)(H,18,19). The summed E-state index contributed by atoms with van der Waals surface area (Å²) in [5.74, 6) is 0.580. The zero-order chi connectivity index (χ0) is 14.8. The number of carbonyl (C=O) groups excluding carboxylic acids is 1. The van der Waals surface area contributed by atoms with E-state index in [1.807, 2.05) is 24.3 Å². The van der Waals surface area contributed by atoms with Crippen LogP contribution in [0.15, 0.2) is 24.3 Å². The molecule has 0 heterocycles. The molecule has 3 nitrogen and oxygen atoms in total. The van der Waals surface area contributed by atoms with Gasteiger partial charge in [0.15, 0.2) is 0 Å². The molecule has 0 atom stereocenters. The first-order valence-corrected chi connectivity index (χ1v) is 8.30. The molecule has 5 heteroatoms. The Morgan fingerprint density at radius 3 is 2.40 bits per heavy atom. The molecule has 2 rings (SSSR count). The number of rotatable bonds is 3. The Kier molecular flexibility index (Phi) is 5.01.